The average Bonchev–Trinajstić information content (AvgIpc) is 2.30. The third kappa shape index (κ3) is 2.61. The molecule has 0 fully saturated rings. The summed E-state index contributed by atoms with van der Waals surface area (Å²) in [5.41, 5.74) is 3.29. The number of rotatable bonds is 3. The molecule has 0 bridgehead atoms. The summed E-state index contributed by atoms with van der Waals surface area (Å²) in [6.45, 7) is 0. The second-order valence-electron chi connectivity index (χ2n) is 3.43. The molecule has 4 nitrogen and oxygen atoms in total. The molecule has 6 heteroatoms. The minimum absolute atomic E-state index is 0.352. The zero-order valence-electron chi connectivity index (χ0n) is 8.77. The van der Waals surface area contributed by atoms with Gasteiger partial charge in [0.05, 0.1) is 17.9 Å². The molecule has 1 atom stereocenters. The number of nitrogens with two attached hydrogens (primary N) is 1. The molecule has 1 aromatic heterocycles. The summed E-state index contributed by atoms with van der Waals surface area (Å²) in [6.07, 6.45) is 4.46. The molecule has 0 aliphatic rings. The van der Waals surface area contributed by atoms with E-state index in [-0.39, 0.29) is 0 Å². The Balaban J connectivity index is 2.42. The summed E-state index contributed by atoms with van der Waals surface area (Å²) >= 11 is 0. The van der Waals surface area contributed by atoms with Gasteiger partial charge in [-0.25, -0.2) is 14.2 Å². The highest BCUT2D eigenvalue weighted by Gasteiger charge is 2.15. The van der Waals surface area contributed by atoms with Crippen LogP contribution in [-0.4, -0.2) is 9.97 Å². The van der Waals surface area contributed by atoms with Gasteiger partial charge in [-0.2, -0.15) is 0 Å². The second-order valence-corrected chi connectivity index (χ2v) is 3.43. The lowest BCUT2D eigenvalue weighted by atomic mass is 10.0. The Bertz CT molecular complexity index is 484. The molecule has 0 aliphatic carbocycles. The van der Waals surface area contributed by atoms with Crippen LogP contribution in [0.5, 0.6) is 0 Å². The quantitative estimate of drug-likeness (QED) is 0.623. The highest BCUT2D eigenvalue weighted by molar-refractivity contribution is 5.27. The monoisotopic (exact) mass is 236 g/mol. The van der Waals surface area contributed by atoms with Gasteiger partial charge in [0.2, 0.25) is 0 Å². The average molecular weight is 236 g/mol. The molecular formula is C11H10F2N4. The number of hydrogen-bond acceptors (Lipinski definition) is 4. The number of aromatic nitrogens is 2. The van der Waals surface area contributed by atoms with Crippen LogP contribution in [0.15, 0.2) is 36.8 Å². The first-order chi connectivity index (χ1) is 8.20. The Morgan fingerprint density at radius 3 is 2.35 bits per heavy atom. The molecule has 2 aromatic rings. The Morgan fingerprint density at radius 2 is 1.82 bits per heavy atom. The van der Waals surface area contributed by atoms with E-state index in [4.69, 9.17) is 5.84 Å². The van der Waals surface area contributed by atoms with Crippen molar-refractivity contribution in [3.63, 3.8) is 0 Å². The van der Waals surface area contributed by atoms with Gasteiger partial charge in [-0.1, -0.05) is 0 Å². The number of nitrogens with zero attached hydrogens (tertiary/aromatic N) is 2. The largest absolute Gasteiger partial charge is 0.271 e. The summed E-state index contributed by atoms with van der Waals surface area (Å²) in [5, 5.41) is 0. The SMILES string of the molecule is NNC(c1cc(F)cc(F)c1)c1cnccn1. The lowest BCUT2D eigenvalue weighted by Gasteiger charge is -2.15. The van der Waals surface area contributed by atoms with E-state index in [1.165, 1.54) is 30.7 Å². The summed E-state index contributed by atoms with van der Waals surface area (Å²) in [7, 11) is 0. The summed E-state index contributed by atoms with van der Waals surface area (Å²) < 4.78 is 26.2. The maximum atomic E-state index is 13.1. The van der Waals surface area contributed by atoms with Gasteiger partial charge in [-0.3, -0.25) is 15.8 Å². The van der Waals surface area contributed by atoms with Crippen LogP contribution in [0.4, 0.5) is 8.78 Å². The molecule has 0 spiro atoms. The molecular weight excluding hydrogens is 226 g/mol. The predicted molar refractivity (Wildman–Crippen MR) is 57.6 cm³/mol. The van der Waals surface area contributed by atoms with Crippen LogP contribution in [0.3, 0.4) is 0 Å². The van der Waals surface area contributed by atoms with Gasteiger partial charge in [-0.15, -0.1) is 0 Å². The van der Waals surface area contributed by atoms with Crippen molar-refractivity contribution < 1.29 is 8.78 Å². The lowest BCUT2D eigenvalue weighted by Crippen LogP contribution is -2.29. The van der Waals surface area contributed by atoms with E-state index >= 15 is 0 Å². The molecule has 3 N–H and O–H groups in total. The van der Waals surface area contributed by atoms with E-state index < -0.39 is 17.7 Å². The van der Waals surface area contributed by atoms with Crippen LogP contribution in [0, 0.1) is 11.6 Å². The Kier molecular flexibility index (Phi) is 3.36. The second kappa shape index (κ2) is 4.94. The first-order valence-corrected chi connectivity index (χ1v) is 4.88. The van der Waals surface area contributed by atoms with Gasteiger partial charge in [0.15, 0.2) is 0 Å². The van der Waals surface area contributed by atoms with E-state index in [9.17, 15) is 8.78 Å². The van der Waals surface area contributed by atoms with Gasteiger partial charge in [0, 0.05) is 18.5 Å². The van der Waals surface area contributed by atoms with Crippen LogP contribution in [0.2, 0.25) is 0 Å². The van der Waals surface area contributed by atoms with E-state index in [1.807, 2.05) is 0 Å². The normalized spacial score (nSPS) is 12.4. The minimum Gasteiger partial charge on any atom is -0.271 e. The van der Waals surface area contributed by atoms with Gasteiger partial charge < -0.3 is 0 Å². The van der Waals surface area contributed by atoms with Crippen LogP contribution >= 0.6 is 0 Å². The topological polar surface area (TPSA) is 63.8 Å². The van der Waals surface area contributed by atoms with Crippen molar-refractivity contribution in [2.24, 2.45) is 5.84 Å². The standard InChI is InChI=1S/C11H10F2N4/c12-8-3-7(4-9(13)5-8)11(17-14)10-6-15-1-2-16-10/h1-6,11,17H,14H2. The first kappa shape index (κ1) is 11.6. The number of hydrazine groups is 1. The fourth-order valence-electron chi connectivity index (χ4n) is 1.55. The number of nitrogens with one attached hydrogen (secondary N) is 1. The summed E-state index contributed by atoms with van der Waals surface area (Å²) in [5.74, 6) is 4.05. The molecule has 0 aliphatic heterocycles. The fraction of sp³-hybridized carbons (Fsp3) is 0.0909. The number of hydrogen-bond donors (Lipinski definition) is 2. The highest BCUT2D eigenvalue weighted by Crippen LogP contribution is 2.20. The van der Waals surface area contributed by atoms with E-state index in [0.717, 1.165) is 6.07 Å². The molecule has 0 saturated carbocycles. The maximum absolute atomic E-state index is 13.1. The third-order valence-corrected chi connectivity index (χ3v) is 2.26. The molecule has 17 heavy (non-hydrogen) atoms. The van der Waals surface area contributed by atoms with E-state index in [0.29, 0.717) is 11.3 Å². The van der Waals surface area contributed by atoms with Crippen LogP contribution in [0.25, 0.3) is 0 Å². The number of benzene rings is 1. The van der Waals surface area contributed by atoms with Crippen LogP contribution in [0.1, 0.15) is 17.3 Å². The fourth-order valence-corrected chi connectivity index (χ4v) is 1.55. The molecule has 0 saturated heterocycles. The molecule has 1 unspecified atom stereocenters. The Labute approximate surface area is 96.5 Å². The van der Waals surface area contributed by atoms with Crippen LogP contribution < -0.4 is 11.3 Å². The summed E-state index contributed by atoms with van der Waals surface area (Å²) in [4.78, 5) is 7.91. The van der Waals surface area contributed by atoms with Crippen molar-refractivity contribution in [3.8, 4) is 0 Å². The molecule has 88 valence electrons. The van der Waals surface area contributed by atoms with Gasteiger partial charge in [0.25, 0.3) is 0 Å². The van der Waals surface area contributed by atoms with Gasteiger partial charge >= 0.3 is 0 Å². The van der Waals surface area contributed by atoms with Crippen molar-refractivity contribution in [2.45, 2.75) is 6.04 Å². The van der Waals surface area contributed by atoms with E-state index in [2.05, 4.69) is 15.4 Å². The van der Waals surface area contributed by atoms with Crippen LogP contribution in [-0.2, 0) is 0 Å². The molecule has 2 rings (SSSR count). The number of halogens is 2. The van der Waals surface area contributed by atoms with Crippen molar-refractivity contribution in [2.75, 3.05) is 0 Å². The Hall–Kier alpha value is -1.92. The van der Waals surface area contributed by atoms with E-state index in [1.54, 1.807) is 0 Å². The van der Waals surface area contributed by atoms with Crippen molar-refractivity contribution in [3.05, 3.63) is 59.7 Å². The molecule has 1 aromatic carbocycles. The molecule has 0 amide bonds. The summed E-state index contributed by atoms with van der Waals surface area (Å²) in [6, 6.07) is 2.59. The predicted octanol–water partition coefficient (Wildman–Crippen LogP) is 1.31. The van der Waals surface area contributed by atoms with Gasteiger partial charge in [-0.05, 0) is 17.7 Å². The highest BCUT2D eigenvalue weighted by atomic mass is 19.1. The molecule has 0 radical (unpaired) electrons. The molecule has 1 heterocycles. The Morgan fingerprint density at radius 1 is 1.12 bits per heavy atom. The first-order valence-electron chi connectivity index (χ1n) is 4.88. The zero-order chi connectivity index (χ0) is 12.3. The zero-order valence-corrected chi connectivity index (χ0v) is 8.77. The van der Waals surface area contributed by atoms with Crippen molar-refractivity contribution in [1.82, 2.24) is 15.4 Å². The van der Waals surface area contributed by atoms with Gasteiger partial charge in [0.1, 0.15) is 11.6 Å². The smallest absolute Gasteiger partial charge is 0.126 e. The lowest BCUT2D eigenvalue weighted by molar-refractivity contribution is 0.562. The van der Waals surface area contributed by atoms with Crippen molar-refractivity contribution >= 4 is 0 Å². The third-order valence-electron chi connectivity index (χ3n) is 2.26. The van der Waals surface area contributed by atoms with Crippen molar-refractivity contribution in [1.29, 1.82) is 0 Å². The maximum Gasteiger partial charge on any atom is 0.126 e. The minimum atomic E-state index is -0.663.